The van der Waals surface area contributed by atoms with Crippen LogP contribution in [0.5, 0.6) is 0 Å². The van der Waals surface area contributed by atoms with E-state index in [9.17, 15) is 24.9 Å². The number of carbonyl (C=O) groups excluding carboxylic acids is 1. The first-order valence-electron chi connectivity index (χ1n) is 7.48. The molecule has 0 fully saturated rings. The van der Waals surface area contributed by atoms with E-state index in [-0.39, 0.29) is 5.58 Å². The third-order valence-corrected chi connectivity index (χ3v) is 3.78. The minimum absolute atomic E-state index is 0.252. The van der Waals surface area contributed by atoms with Gasteiger partial charge in [-0.25, -0.2) is 4.79 Å². The lowest BCUT2D eigenvalue weighted by Crippen LogP contribution is -2.49. The van der Waals surface area contributed by atoms with Crippen LogP contribution < -0.4 is 10.9 Å². The summed E-state index contributed by atoms with van der Waals surface area (Å²) >= 11 is 0. The normalized spacial score (nSPS) is 16.0. The van der Waals surface area contributed by atoms with Crippen molar-refractivity contribution in [1.82, 2.24) is 0 Å². The van der Waals surface area contributed by atoms with Crippen LogP contribution in [0.1, 0.15) is 5.56 Å². The summed E-state index contributed by atoms with van der Waals surface area (Å²) in [6.45, 7) is 2.86. The van der Waals surface area contributed by atoms with E-state index in [4.69, 9.17) is 9.52 Å². The molecular weight excluding hydrogens is 330 g/mol. The van der Waals surface area contributed by atoms with Crippen LogP contribution >= 0.6 is 0 Å². The fraction of sp³-hybridized carbons (Fsp3) is 0.294. The minimum atomic E-state index is -1.72. The van der Waals surface area contributed by atoms with E-state index in [0.29, 0.717) is 22.9 Å². The number of aldehydes is 1. The first kappa shape index (κ1) is 18.8. The summed E-state index contributed by atoms with van der Waals surface area (Å²) in [7, 11) is 0. The Balaban J connectivity index is 2.30. The number of hydrogen-bond donors (Lipinski definition) is 5. The van der Waals surface area contributed by atoms with Gasteiger partial charge in [0.05, 0.1) is 6.61 Å². The Morgan fingerprint density at radius 3 is 2.52 bits per heavy atom. The summed E-state index contributed by atoms with van der Waals surface area (Å²) in [6, 6.07) is 4.73. The van der Waals surface area contributed by atoms with Crippen LogP contribution in [0.25, 0.3) is 17.0 Å². The highest BCUT2D eigenvalue weighted by Crippen LogP contribution is 2.23. The van der Waals surface area contributed by atoms with Crippen LogP contribution in [0, 0.1) is 0 Å². The highest BCUT2D eigenvalue weighted by molar-refractivity contribution is 5.88. The molecule has 1 heterocycles. The zero-order chi connectivity index (χ0) is 18.6. The van der Waals surface area contributed by atoms with E-state index in [1.54, 1.807) is 12.1 Å². The fourth-order valence-corrected chi connectivity index (χ4v) is 2.39. The molecule has 1 aromatic heterocycles. The zero-order valence-corrected chi connectivity index (χ0v) is 13.2. The molecule has 25 heavy (non-hydrogen) atoms. The van der Waals surface area contributed by atoms with Crippen molar-refractivity contribution < 1.29 is 29.6 Å². The monoisotopic (exact) mass is 349 g/mol. The molecule has 4 atom stereocenters. The summed E-state index contributed by atoms with van der Waals surface area (Å²) in [6.07, 6.45) is -3.11. The molecule has 8 nitrogen and oxygen atoms in total. The number of rotatable bonds is 8. The van der Waals surface area contributed by atoms with Crippen LogP contribution in [0.3, 0.4) is 0 Å². The third-order valence-electron chi connectivity index (χ3n) is 3.78. The summed E-state index contributed by atoms with van der Waals surface area (Å²) in [5.74, 6) is 0. The Bertz CT molecular complexity index is 816. The minimum Gasteiger partial charge on any atom is -0.423 e. The maximum Gasteiger partial charge on any atom is 0.336 e. The van der Waals surface area contributed by atoms with Crippen LogP contribution in [0.2, 0.25) is 0 Å². The average Bonchev–Trinajstić information content (AvgIpc) is 2.62. The molecule has 2 rings (SSSR count). The number of carbonyl (C=O) groups is 1. The number of benzene rings is 1. The number of aliphatic hydroxyl groups excluding tert-OH is 4. The molecular formula is C17H19NO7. The van der Waals surface area contributed by atoms with Crippen molar-refractivity contribution in [1.29, 1.82) is 0 Å². The molecule has 0 radical (unpaired) electrons. The average molecular weight is 349 g/mol. The van der Waals surface area contributed by atoms with Gasteiger partial charge >= 0.3 is 5.63 Å². The molecule has 8 heteroatoms. The molecule has 0 saturated heterocycles. The van der Waals surface area contributed by atoms with Gasteiger partial charge in [0, 0.05) is 23.2 Å². The van der Waals surface area contributed by atoms with Gasteiger partial charge in [0.15, 0.2) is 0 Å². The second-order valence-corrected chi connectivity index (χ2v) is 5.47. The largest absolute Gasteiger partial charge is 0.423 e. The van der Waals surface area contributed by atoms with Crippen molar-refractivity contribution in [2.24, 2.45) is 0 Å². The third kappa shape index (κ3) is 4.12. The molecule has 0 aliphatic heterocycles. The zero-order valence-electron chi connectivity index (χ0n) is 13.2. The lowest BCUT2D eigenvalue weighted by atomic mass is 10.0. The van der Waals surface area contributed by atoms with Crippen molar-refractivity contribution in [3.05, 3.63) is 46.8 Å². The van der Waals surface area contributed by atoms with E-state index in [0.717, 1.165) is 0 Å². The van der Waals surface area contributed by atoms with E-state index < -0.39 is 36.6 Å². The van der Waals surface area contributed by atoms with Gasteiger partial charge in [-0.1, -0.05) is 12.7 Å². The summed E-state index contributed by atoms with van der Waals surface area (Å²) < 4.78 is 5.11. The Kier molecular flexibility index (Phi) is 6.05. The molecule has 0 spiro atoms. The molecule has 0 amide bonds. The Morgan fingerprint density at radius 2 is 1.92 bits per heavy atom. The maximum atomic E-state index is 11.5. The standard InChI is InChI=1S/C17H19NO7/c1-2-9-5-15(22)25-14-6-10(3-4-11(9)14)18-12(7-19)16(23)17(24)13(21)8-20/h2-7,12-13,16-18,20-21,23-24H,1,8H2/t12-,13+,16+,17+/m0/s1. The molecule has 5 N–H and O–H groups in total. The van der Waals surface area contributed by atoms with Gasteiger partial charge in [-0.15, -0.1) is 0 Å². The van der Waals surface area contributed by atoms with Crippen LogP contribution in [-0.4, -0.2) is 57.7 Å². The summed E-state index contributed by atoms with van der Waals surface area (Å²) in [5.41, 5.74) is 0.625. The SMILES string of the molecule is C=Cc1cc(=O)oc2cc(N[C@@H](C=O)[C@@H](O)[C@H](O)[C@H](O)CO)ccc12. The number of anilines is 1. The van der Waals surface area contributed by atoms with Crippen molar-refractivity contribution >= 4 is 29.0 Å². The number of hydrogen-bond acceptors (Lipinski definition) is 8. The van der Waals surface area contributed by atoms with Crippen LogP contribution in [0.4, 0.5) is 5.69 Å². The second kappa shape index (κ2) is 8.04. The van der Waals surface area contributed by atoms with Crippen molar-refractivity contribution in [3.8, 4) is 0 Å². The highest BCUT2D eigenvalue weighted by Gasteiger charge is 2.31. The molecule has 134 valence electrons. The smallest absolute Gasteiger partial charge is 0.336 e. The molecule has 0 saturated carbocycles. The van der Waals surface area contributed by atoms with Gasteiger partial charge in [0.2, 0.25) is 0 Å². The van der Waals surface area contributed by atoms with Crippen molar-refractivity contribution in [3.63, 3.8) is 0 Å². The quantitative estimate of drug-likeness (QED) is 0.317. The fourth-order valence-electron chi connectivity index (χ4n) is 2.39. The highest BCUT2D eigenvalue weighted by atomic mass is 16.4. The van der Waals surface area contributed by atoms with Crippen molar-refractivity contribution in [2.75, 3.05) is 11.9 Å². The van der Waals surface area contributed by atoms with E-state index in [1.165, 1.54) is 18.2 Å². The Morgan fingerprint density at radius 1 is 1.20 bits per heavy atom. The summed E-state index contributed by atoms with van der Waals surface area (Å²) in [4.78, 5) is 22.8. The van der Waals surface area contributed by atoms with Gasteiger partial charge in [-0.3, -0.25) is 0 Å². The van der Waals surface area contributed by atoms with Crippen molar-refractivity contribution in [2.45, 2.75) is 24.4 Å². The number of fused-ring (bicyclic) bond motifs is 1. The maximum absolute atomic E-state index is 11.5. The van der Waals surface area contributed by atoms with E-state index >= 15 is 0 Å². The molecule has 2 aromatic rings. The lowest BCUT2D eigenvalue weighted by molar-refractivity contribution is -0.117. The van der Waals surface area contributed by atoms with E-state index in [1.807, 2.05) is 0 Å². The first-order chi connectivity index (χ1) is 11.9. The number of aliphatic hydroxyl groups is 4. The topological polar surface area (TPSA) is 140 Å². The molecule has 0 aliphatic rings. The molecule has 0 aliphatic carbocycles. The van der Waals surface area contributed by atoms with E-state index in [2.05, 4.69) is 11.9 Å². The van der Waals surface area contributed by atoms with Gasteiger partial charge in [0.1, 0.15) is 36.2 Å². The first-order valence-corrected chi connectivity index (χ1v) is 7.48. The summed E-state index contributed by atoms with van der Waals surface area (Å²) in [5, 5.41) is 41.2. The second-order valence-electron chi connectivity index (χ2n) is 5.47. The Hall–Kier alpha value is -2.52. The van der Waals surface area contributed by atoms with Crippen LogP contribution in [0.15, 0.2) is 40.1 Å². The molecule has 0 unspecified atom stereocenters. The molecule has 0 bridgehead atoms. The molecule has 1 aromatic carbocycles. The number of nitrogens with one attached hydrogen (secondary N) is 1. The van der Waals surface area contributed by atoms with Gasteiger partial charge in [-0.05, 0) is 17.7 Å². The van der Waals surface area contributed by atoms with Gasteiger partial charge in [0.25, 0.3) is 0 Å². The van der Waals surface area contributed by atoms with Gasteiger partial charge < -0.3 is 35.0 Å². The Labute approximate surface area is 142 Å². The predicted octanol–water partition coefficient (Wildman–Crippen LogP) is -0.510. The van der Waals surface area contributed by atoms with Gasteiger partial charge in [-0.2, -0.15) is 0 Å². The predicted molar refractivity (Wildman–Crippen MR) is 91.2 cm³/mol. The lowest BCUT2D eigenvalue weighted by Gasteiger charge is -2.26. The van der Waals surface area contributed by atoms with Crippen LogP contribution in [-0.2, 0) is 4.79 Å².